The van der Waals surface area contributed by atoms with E-state index in [1.54, 1.807) is 6.07 Å². The Morgan fingerprint density at radius 2 is 2.00 bits per heavy atom. The highest BCUT2D eigenvalue weighted by Crippen LogP contribution is 2.32. The number of hydrogen-bond donors (Lipinski definition) is 2. The number of nitrogens with one attached hydrogen (secondary N) is 2. The van der Waals surface area contributed by atoms with Crippen molar-refractivity contribution in [2.24, 2.45) is 0 Å². The Morgan fingerprint density at radius 3 is 2.82 bits per heavy atom. The summed E-state index contributed by atoms with van der Waals surface area (Å²) >= 11 is 0.560. The number of aromatic nitrogens is 1. The van der Waals surface area contributed by atoms with E-state index in [2.05, 4.69) is 15.6 Å². The number of amides is 2. The van der Waals surface area contributed by atoms with Crippen LogP contribution in [0.4, 0.5) is 28.8 Å². The van der Waals surface area contributed by atoms with Gasteiger partial charge in [0.15, 0.2) is 5.13 Å². The van der Waals surface area contributed by atoms with Gasteiger partial charge < -0.3 is 10.1 Å². The minimum absolute atomic E-state index is 0.0399. The Labute approximate surface area is 162 Å². The van der Waals surface area contributed by atoms with E-state index in [1.165, 1.54) is 0 Å². The van der Waals surface area contributed by atoms with Gasteiger partial charge in [-0.3, -0.25) is 5.32 Å². The van der Waals surface area contributed by atoms with Gasteiger partial charge in [-0.15, -0.1) is 0 Å². The molecule has 2 amide bonds. The van der Waals surface area contributed by atoms with Crippen molar-refractivity contribution in [2.45, 2.75) is 13.0 Å². The number of carbonyl (C=O) groups is 1. The predicted molar refractivity (Wildman–Crippen MR) is 99.9 cm³/mol. The molecule has 1 aliphatic heterocycles. The molecule has 0 unspecified atom stereocenters. The normalized spacial score (nSPS) is 13.1. The summed E-state index contributed by atoms with van der Waals surface area (Å²) in [5, 5.41) is 4.35. The Balaban J connectivity index is 1.52. The molecular formula is C19H14F3N3O2S. The maximum absolute atomic E-state index is 14.2. The Morgan fingerprint density at radius 1 is 1.14 bits per heavy atom. The second-order valence-corrected chi connectivity index (χ2v) is 7.04. The number of carbonyl (C=O) groups excluding carboxylic acids is 1. The van der Waals surface area contributed by atoms with Crippen LogP contribution in [0.25, 0.3) is 11.3 Å². The number of fused-ring (bicyclic) bond motifs is 1. The first kappa shape index (κ1) is 18.5. The van der Waals surface area contributed by atoms with Crippen molar-refractivity contribution in [1.82, 2.24) is 4.98 Å². The summed E-state index contributed by atoms with van der Waals surface area (Å²) in [7, 11) is 0. The molecule has 1 aliphatic rings. The van der Waals surface area contributed by atoms with E-state index >= 15 is 0 Å². The first-order chi connectivity index (χ1) is 13.5. The molecule has 0 spiro atoms. The molecule has 0 aliphatic carbocycles. The summed E-state index contributed by atoms with van der Waals surface area (Å²) in [6.07, 6.45) is 0.672. The predicted octanol–water partition coefficient (Wildman–Crippen LogP) is 4.94. The maximum Gasteiger partial charge on any atom is 0.325 e. The van der Waals surface area contributed by atoms with Crippen LogP contribution in [0.15, 0.2) is 36.4 Å². The van der Waals surface area contributed by atoms with Crippen LogP contribution in [0.5, 0.6) is 0 Å². The van der Waals surface area contributed by atoms with Gasteiger partial charge in [0.1, 0.15) is 17.3 Å². The molecule has 0 fully saturated rings. The molecule has 2 N–H and O–H groups in total. The van der Waals surface area contributed by atoms with E-state index in [0.717, 1.165) is 23.3 Å². The second kappa shape index (κ2) is 7.61. The molecule has 0 atom stereocenters. The van der Waals surface area contributed by atoms with Crippen LogP contribution in [0.1, 0.15) is 11.1 Å². The van der Waals surface area contributed by atoms with Crippen LogP contribution in [0.2, 0.25) is 0 Å². The molecule has 9 heteroatoms. The number of anilines is 2. The van der Waals surface area contributed by atoms with Gasteiger partial charge in [0.25, 0.3) is 0 Å². The zero-order valence-corrected chi connectivity index (χ0v) is 15.2. The monoisotopic (exact) mass is 405 g/mol. The van der Waals surface area contributed by atoms with Crippen molar-refractivity contribution in [2.75, 3.05) is 17.2 Å². The number of benzene rings is 2. The molecule has 2 aromatic carbocycles. The number of ether oxygens (including phenoxy) is 1. The van der Waals surface area contributed by atoms with Crippen molar-refractivity contribution in [1.29, 1.82) is 0 Å². The molecule has 0 saturated heterocycles. The topological polar surface area (TPSA) is 63.2 Å². The van der Waals surface area contributed by atoms with Gasteiger partial charge in [-0.05, 0) is 35.7 Å². The van der Waals surface area contributed by atoms with Crippen molar-refractivity contribution >= 4 is 28.2 Å². The van der Waals surface area contributed by atoms with E-state index in [0.29, 0.717) is 42.7 Å². The smallest absolute Gasteiger partial charge is 0.325 e. The fraction of sp³-hybridized carbons (Fsp3) is 0.158. The summed E-state index contributed by atoms with van der Waals surface area (Å²) in [6, 6.07) is 7.67. The van der Waals surface area contributed by atoms with Crippen LogP contribution in [0, 0.1) is 16.8 Å². The van der Waals surface area contributed by atoms with Crippen molar-refractivity contribution in [3.63, 3.8) is 0 Å². The SMILES string of the molecule is O=C(Nc1nc(-c2ccc(F)cc2F)c(F)s1)Nc1cccc2c1CCOC2. The Hall–Kier alpha value is -2.91. The Bertz CT molecular complexity index is 1050. The molecule has 5 nitrogen and oxygen atoms in total. The van der Waals surface area contributed by atoms with E-state index in [9.17, 15) is 18.0 Å². The van der Waals surface area contributed by atoms with Crippen LogP contribution in [0.3, 0.4) is 0 Å². The zero-order chi connectivity index (χ0) is 19.7. The molecule has 0 radical (unpaired) electrons. The van der Waals surface area contributed by atoms with Crippen LogP contribution in [-0.4, -0.2) is 17.6 Å². The summed E-state index contributed by atoms with van der Waals surface area (Å²) in [6.45, 7) is 1.05. The lowest BCUT2D eigenvalue weighted by Crippen LogP contribution is -2.22. The van der Waals surface area contributed by atoms with Gasteiger partial charge in [0.2, 0.25) is 5.13 Å². The molecule has 4 rings (SSSR count). The number of rotatable bonds is 3. The van der Waals surface area contributed by atoms with E-state index in [1.807, 2.05) is 12.1 Å². The summed E-state index contributed by atoms with van der Waals surface area (Å²) in [4.78, 5) is 16.2. The highest BCUT2D eigenvalue weighted by atomic mass is 32.1. The molecule has 0 saturated carbocycles. The second-order valence-electron chi connectivity index (χ2n) is 6.09. The molecule has 0 bridgehead atoms. The average Bonchev–Trinajstić information content (AvgIpc) is 3.02. The van der Waals surface area contributed by atoms with E-state index < -0.39 is 22.8 Å². The highest BCUT2D eigenvalue weighted by molar-refractivity contribution is 7.14. The fourth-order valence-electron chi connectivity index (χ4n) is 2.99. The lowest BCUT2D eigenvalue weighted by atomic mass is 10.0. The number of halogens is 3. The van der Waals surface area contributed by atoms with Gasteiger partial charge in [-0.1, -0.05) is 23.5 Å². The van der Waals surface area contributed by atoms with Crippen molar-refractivity contribution in [3.8, 4) is 11.3 Å². The average molecular weight is 405 g/mol. The molecule has 144 valence electrons. The van der Waals surface area contributed by atoms with E-state index in [-0.39, 0.29) is 16.4 Å². The van der Waals surface area contributed by atoms with Gasteiger partial charge >= 0.3 is 6.03 Å². The number of nitrogens with zero attached hydrogens (tertiary/aromatic N) is 1. The zero-order valence-electron chi connectivity index (χ0n) is 14.4. The molecule has 28 heavy (non-hydrogen) atoms. The third-order valence-corrected chi connectivity index (χ3v) is 5.03. The minimum atomic E-state index is -0.932. The number of hydrogen-bond acceptors (Lipinski definition) is 4. The van der Waals surface area contributed by atoms with Crippen LogP contribution >= 0.6 is 11.3 Å². The molecule has 3 aromatic rings. The standard InChI is InChI=1S/C19H14F3N3O2S/c20-11-4-5-13(14(21)8-11)16-17(22)28-19(24-16)25-18(26)23-15-3-1-2-10-9-27-7-6-12(10)15/h1-5,8H,6-7,9H2,(H2,23,24,25,26). The highest BCUT2D eigenvalue weighted by Gasteiger charge is 2.19. The summed E-state index contributed by atoms with van der Waals surface area (Å²) in [5.41, 5.74) is 2.16. The van der Waals surface area contributed by atoms with Crippen molar-refractivity contribution < 1.29 is 22.7 Å². The first-order valence-electron chi connectivity index (χ1n) is 8.39. The minimum Gasteiger partial charge on any atom is -0.376 e. The number of urea groups is 1. The lowest BCUT2D eigenvalue weighted by molar-refractivity contribution is 0.111. The van der Waals surface area contributed by atoms with Crippen LogP contribution in [-0.2, 0) is 17.8 Å². The van der Waals surface area contributed by atoms with Crippen molar-refractivity contribution in [3.05, 3.63) is 64.3 Å². The number of thiazole rings is 1. The van der Waals surface area contributed by atoms with Gasteiger partial charge in [0, 0.05) is 17.3 Å². The van der Waals surface area contributed by atoms with Gasteiger partial charge in [-0.2, -0.15) is 4.39 Å². The maximum atomic E-state index is 14.2. The van der Waals surface area contributed by atoms with Gasteiger partial charge in [-0.25, -0.2) is 18.6 Å². The molecular weight excluding hydrogens is 391 g/mol. The summed E-state index contributed by atoms with van der Waals surface area (Å²) in [5.74, 6) is -1.70. The quantitative estimate of drug-likeness (QED) is 0.649. The van der Waals surface area contributed by atoms with Crippen LogP contribution < -0.4 is 10.6 Å². The fourth-order valence-corrected chi connectivity index (χ4v) is 3.69. The molecule has 1 aromatic heterocycles. The summed E-state index contributed by atoms with van der Waals surface area (Å²) < 4.78 is 46.5. The van der Waals surface area contributed by atoms with Gasteiger partial charge in [0.05, 0.1) is 13.2 Å². The first-order valence-corrected chi connectivity index (χ1v) is 9.21. The third-order valence-electron chi connectivity index (χ3n) is 4.27. The third kappa shape index (κ3) is 3.71. The largest absolute Gasteiger partial charge is 0.376 e. The Kier molecular flexibility index (Phi) is 5.01. The lowest BCUT2D eigenvalue weighted by Gasteiger charge is -2.19. The molecule has 2 heterocycles. The van der Waals surface area contributed by atoms with E-state index in [4.69, 9.17) is 4.74 Å².